The topological polar surface area (TPSA) is 38.3 Å². The summed E-state index contributed by atoms with van der Waals surface area (Å²) >= 11 is 0. The van der Waals surface area contributed by atoms with Gasteiger partial charge in [0.05, 0.1) is 6.54 Å². The Labute approximate surface area is 128 Å². The molecule has 1 aliphatic rings. The SMILES string of the molecule is O=C(/C=C/c1ccccc1)NC[C@H]1Cc2cc(F)ccc2O1. The van der Waals surface area contributed by atoms with Crippen LogP contribution in [0.2, 0.25) is 0 Å². The normalized spacial score (nSPS) is 16.3. The van der Waals surface area contributed by atoms with Gasteiger partial charge in [0, 0.05) is 18.1 Å². The maximum atomic E-state index is 13.1. The van der Waals surface area contributed by atoms with Crippen molar-refractivity contribution in [3.05, 3.63) is 71.6 Å². The molecule has 1 aliphatic heterocycles. The van der Waals surface area contributed by atoms with Crippen molar-refractivity contribution in [1.82, 2.24) is 5.32 Å². The predicted octanol–water partition coefficient (Wildman–Crippen LogP) is 2.96. The second-order valence-electron chi connectivity index (χ2n) is 5.19. The highest BCUT2D eigenvalue weighted by atomic mass is 19.1. The number of ether oxygens (including phenoxy) is 1. The monoisotopic (exact) mass is 297 g/mol. The lowest BCUT2D eigenvalue weighted by atomic mass is 10.1. The van der Waals surface area contributed by atoms with E-state index >= 15 is 0 Å². The Morgan fingerprint density at radius 2 is 2.09 bits per heavy atom. The summed E-state index contributed by atoms with van der Waals surface area (Å²) in [6.07, 6.45) is 3.72. The molecule has 1 amide bonds. The van der Waals surface area contributed by atoms with Crippen molar-refractivity contribution in [2.75, 3.05) is 6.54 Å². The maximum Gasteiger partial charge on any atom is 0.244 e. The van der Waals surface area contributed by atoms with Crippen LogP contribution in [0.3, 0.4) is 0 Å². The maximum absolute atomic E-state index is 13.1. The highest BCUT2D eigenvalue weighted by Crippen LogP contribution is 2.28. The Hall–Kier alpha value is -2.62. The van der Waals surface area contributed by atoms with Gasteiger partial charge in [0.2, 0.25) is 5.91 Å². The van der Waals surface area contributed by atoms with Crippen LogP contribution in [0.25, 0.3) is 6.08 Å². The summed E-state index contributed by atoms with van der Waals surface area (Å²) in [5.74, 6) is 0.257. The van der Waals surface area contributed by atoms with Gasteiger partial charge in [0.1, 0.15) is 17.7 Å². The van der Waals surface area contributed by atoms with E-state index in [-0.39, 0.29) is 17.8 Å². The van der Waals surface area contributed by atoms with Gasteiger partial charge in [-0.05, 0) is 29.8 Å². The minimum absolute atomic E-state index is 0.147. The Morgan fingerprint density at radius 1 is 1.27 bits per heavy atom. The van der Waals surface area contributed by atoms with Gasteiger partial charge in [-0.15, -0.1) is 0 Å². The predicted molar refractivity (Wildman–Crippen MR) is 83.0 cm³/mol. The van der Waals surface area contributed by atoms with Gasteiger partial charge >= 0.3 is 0 Å². The number of rotatable bonds is 4. The molecule has 0 saturated heterocycles. The number of carbonyl (C=O) groups is 1. The standard InChI is InChI=1S/C18H16FNO2/c19-15-7-8-17-14(10-15)11-16(22-17)12-20-18(21)9-6-13-4-2-1-3-5-13/h1-10,16H,11-12H2,(H,20,21)/b9-6+/t16-/m1/s1. The van der Waals surface area contributed by atoms with Gasteiger partial charge in [0.15, 0.2) is 0 Å². The average Bonchev–Trinajstić information content (AvgIpc) is 2.94. The summed E-state index contributed by atoms with van der Waals surface area (Å²) in [7, 11) is 0. The fourth-order valence-corrected chi connectivity index (χ4v) is 2.41. The molecule has 4 heteroatoms. The number of amides is 1. The number of hydrogen-bond acceptors (Lipinski definition) is 2. The number of fused-ring (bicyclic) bond motifs is 1. The van der Waals surface area contributed by atoms with Gasteiger partial charge in [-0.2, -0.15) is 0 Å². The van der Waals surface area contributed by atoms with Crippen molar-refractivity contribution >= 4 is 12.0 Å². The third-order valence-electron chi connectivity index (χ3n) is 3.49. The first-order valence-electron chi connectivity index (χ1n) is 7.17. The summed E-state index contributed by atoms with van der Waals surface area (Å²) in [5.41, 5.74) is 1.82. The lowest BCUT2D eigenvalue weighted by molar-refractivity contribution is -0.116. The van der Waals surface area contributed by atoms with Crippen molar-refractivity contribution < 1.29 is 13.9 Å². The van der Waals surface area contributed by atoms with E-state index in [0.29, 0.717) is 18.7 Å². The van der Waals surface area contributed by atoms with Crippen molar-refractivity contribution in [2.24, 2.45) is 0 Å². The molecule has 0 unspecified atom stereocenters. The van der Waals surface area contributed by atoms with Crippen LogP contribution >= 0.6 is 0 Å². The molecule has 0 fully saturated rings. The van der Waals surface area contributed by atoms with Gasteiger partial charge in [-0.25, -0.2) is 4.39 Å². The third-order valence-corrected chi connectivity index (χ3v) is 3.49. The minimum atomic E-state index is -0.266. The number of benzene rings is 2. The second kappa shape index (κ2) is 6.43. The van der Waals surface area contributed by atoms with Gasteiger partial charge < -0.3 is 10.1 Å². The number of carbonyl (C=O) groups excluding carboxylic acids is 1. The second-order valence-corrected chi connectivity index (χ2v) is 5.19. The molecule has 1 N–H and O–H groups in total. The molecule has 22 heavy (non-hydrogen) atoms. The first kappa shape index (κ1) is 14.3. The highest BCUT2D eigenvalue weighted by Gasteiger charge is 2.23. The first-order chi connectivity index (χ1) is 10.7. The third kappa shape index (κ3) is 3.52. The van der Waals surface area contributed by atoms with Gasteiger partial charge in [0.25, 0.3) is 0 Å². The number of nitrogens with one attached hydrogen (secondary N) is 1. The Morgan fingerprint density at radius 3 is 2.91 bits per heavy atom. The molecule has 0 saturated carbocycles. The average molecular weight is 297 g/mol. The summed E-state index contributed by atoms with van der Waals surface area (Å²) in [4.78, 5) is 11.8. The van der Waals surface area contributed by atoms with E-state index in [1.807, 2.05) is 30.3 Å². The van der Waals surface area contributed by atoms with E-state index in [1.54, 1.807) is 12.1 Å². The van der Waals surface area contributed by atoms with Crippen molar-refractivity contribution in [1.29, 1.82) is 0 Å². The van der Waals surface area contributed by atoms with Crippen molar-refractivity contribution in [2.45, 2.75) is 12.5 Å². The molecule has 0 aromatic heterocycles. The summed E-state index contributed by atoms with van der Waals surface area (Å²) in [6.45, 7) is 0.397. The lowest BCUT2D eigenvalue weighted by Gasteiger charge is -2.10. The zero-order chi connectivity index (χ0) is 15.4. The molecule has 0 radical (unpaired) electrons. The smallest absolute Gasteiger partial charge is 0.244 e. The molecule has 3 nitrogen and oxygen atoms in total. The van der Waals surface area contributed by atoms with E-state index in [4.69, 9.17) is 4.74 Å². The van der Waals surface area contributed by atoms with Crippen LogP contribution in [0.4, 0.5) is 4.39 Å². The number of halogens is 1. The zero-order valence-corrected chi connectivity index (χ0v) is 12.0. The van der Waals surface area contributed by atoms with E-state index < -0.39 is 0 Å². The molecule has 0 spiro atoms. The first-order valence-corrected chi connectivity index (χ1v) is 7.17. The Bertz CT molecular complexity index is 697. The molecular weight excluding hydrogens is 281 g/mol. The van der Waals surface area contributed by atoms with Gasteiger partial charge in [-0.3, -0.25) is 4.79 Å². The van der Waals surface area contributed by atoms with E-state index in [0.717, 1.165) is 11.1 Å². The zero-order valence-electron chi connectivity index (χ0n) is 12.0. The van der Waals surface area contributed by atoms with Crippen LogP contribution in [-0.2, 0) is 11.2 Å². The highest BCUT2D eigenvalue weighted by molar-refractivity contribution is 5.91. The largest absolute Gasteiger partial charge is 0.488 e. The molecule has 2 aromatic rings. The van der Waals surface area contributed by atoms with Crippen LogP contribution in [0.15, 0.2) is 54.6 Å². The van der Waals surface area contributed by atoms with Crippen LogP contribution in [0, 0.1) is 5.82 Å². The van der Waals surface area contributed by atoms with Crippen LogP contribution < -0.4 is 10.1 Å². The Balaban J connectivity index is 1.50. The summed E-state index contributed by atoms with van der Waals surface area (Å²) in [6, 6.07) is 14.1. The van der Waals surface area contributed by atoms with Crippen molar-refractivity contribution in [3.8, 4) is 5.75 Å². The summed E-state index contributed by atoms with van der Waals surface area (Å²) in [5, 5.41) is 2.80. The molecule has 0 bridgehead atoms. The van der Waals surface area contributed by atoms with Crippen LogP contribution in [0.1, 0.15) is 11.1 Å². The summed E-state index contributed by atoms with van der Waals surface area (Å²) < 4.78 is 18.8. The van der Waals surface area contributed by atoms with Crippen molar-refractivity contribution in [3.63, 3.8) is 0 Å². The quantitative estimate of drug-likeness (QED) is 0.881. The van der Waals surface area contributed by atoms with Crippen LogP contribution in [0.5, 0.6) is 5.75 Å². The molecule has 0 aliphatic carbocycles. The van der Waals surface area contributed by atoms with Gasteiger partial charge in [-0.1, -0.05) is 30.3 Å². The Kier molecular flexibility index (Phi) is 4.19. The molecule has 1 atom stereocenters. The molecule has 1 heterocycles. The van der Waals surface area contributed by atoms with Crippen LogP contribution in [-0.4, -0.2) is 18.6 Å². The molecule has 3 rings (SSSR count). The molecular formula is C18H16FNO2. The van der Waals surface area contributed by atoms with E-state index in [1.165, 1.54) is 18.2 Å². The molecule has 2 aromatic carbocycles. The molecule has 112 valence electrons. The van der Waals surface area contributed by atoms with E-state index in [2.05, 4.69) is 5.32 Å². The lowest BCUT2D eigenvalue weighted by Crippen LogP contribution is -2.33. The fraction of sp³-hybridized carbons (Fsp3) is 0.167. The van der Waals surface area contributed by atoms with E-state index in [9.17, 15) is 9.18 Å². The fourth-order valence-electron chi connectivity index (χ4n) is 2.41. The number of hydrogen-bond donors (Lipinski definition) is 1. The minimum Gasteiger partial charge on any atom is -0.488 e.